The number of aromatic nitrogens is 1. The summed E-state index contributed by atoms with van der Waals surface area (Å²) in [6.45, 7) is 3.76. The van der Waals surface area contributed by atoms with Crippen LogP contribution in [0.25, 0.3) is 0 Å². The van der Waals surface area contributed by atoms with Crippen LogP contribution in [0.4, 0.5) is 8.78 Å². The normalized spacial score (nSPS) is 12.2. The molecule has 0 saturated heterocycles. The Morgan fingerprint density at radius 2 is 2.00 bits per heavy atom. The highest BCUT2D eigenvalue weighted by atomic mass is 19.2. The molecule has 5 heteroatoms. The maximum atomic E-state index is 13.1. The molecule has 0 spiro atoms. The van der Waals surface area contributed by atoms with Crippen LogP contribution in [0, 0.1) is 18.6 Å². The van der Waals surface area contributed by atoms with Crippen LogP contribution >= 0.6 is 0 Å². The fourth-order valence-electron chi connectivity index (χ4n) is 1.86. The SMILES string of the molecule is Cc1cc(CC(C)N)cnc1Oc1ccc(F)c(F)c1. The van der Waals surface area contributed by atoms with Gasteiger partial charge in [0.1, 0.15) is 5.75 Å². The van der Waals surface area contributed by atoms with Gasteiger partial charge in [0, 0.05) is 23.9 Å². The van der Waals surface area contributed by atoms with Gasteiger partial charge in [-0.2, -0.15) is 0 Å². The highest BCUT2D eigenvalue weighted by Gasteiger charge is 2.08. The Kier molecular flexibility index (Phi) is 4.29. The van der Waals surface area contributed by atoms with Crippen LogP contribution in [0.5, 0.6) is 11.6 Å². The molecule has 0 aliphatic heterocycles. The number of aryl methyl sites for hydroxylation is 1. The number of nitrogens with two attached hydrogens (primary N) is 1. The number of halogens is 2. The number of ether oxygens (including phenoxy) is 1. The molecular formula is C15H16F2N2O. The second kappa shape index (κ2) is 5.96. The molecule has 1 heterocycles. The summed E-state index contributed by atoms with van der Waals surface area (Å²) in [5.41, 5.74) is 7.55. The van der Waals surface area contributed by atoms with Crippen molar-refractivity contribution in [3.8, 4) is 11.6 Å². The van der Waals surface area contributed by atoms with Gasteiger partial charge in [0.15, 0.2) is 11.6 Å². The maximum Gasteiger partial charge on any atom is 0.222 e. The molecule has 2 N–H and O–H groups in total. The standard InChI is InChI=1S/C15H16F2N2O/c1-9-5-11(6-10(2)18)8-19-15(9)20-12-3-4-13(16)14(17)7-12/h3-5,7-8,10H,6,18H2,1-2H3. The third-order valence-electron chi connectivity index (χ3n) is 2.75. The molecule has 0 radical (unpaired) electrons. The lowest BCUT2D eigenvalue weighted by Crippen LogP contribution is -2.17. The largest absolute Gasteiger partial charge is 0.439 e. The highest BCUT2D eigenvalue weighted by Crippen LogP contribution is 2.24. The lowest BCUT2D eigenvalue weighted by molar-refractivity contribution is 0.444. The van der Waals surface area contributed by atoms with Crippen molar-refractivity contribution < 1.29 is 13.5 Å². The van der Waals surface area contributed by atoms with E-state index in [1.54, 1.807) is 6.20 Å². The predicted octanol–water partition coefficient (Wildman–Crippen LogP) is 3.35. The second-order valence-corrected chi connectivity index (χ2v) is 4.83. The van der Waals surface area contributed by atoms with E-state index in [1.807, 2.05) is 19.9 Å². The van der Waals surface area contributed by atoms with Crippen LogP contribution < -0.4 is 10.5 Å². The Hall–Kier alpha value is -2.01. The maximum absolute atomic E-state index is 13.1. The van der Waals surface area contributed by atoms with Crippen LogP contribution in [0.1, 0.15) is 18.1 Å². The first-order valence-electron chi connectivity index (χ1n) is 6.29. The molecule has 1 aromatic carbocycles. The van der Waals surface area contributed by atoms with E-state index in [9.17, 15) is 8.78 Å². The van der Waals surface area contributed by atoms with Crippen LogP contribution in [0.15, 0.2) is 30.5 Å². The number of hydrogen-bond acceptors (Lipinski definition) is 3. The van der Waals surface area contributed by atoms with Gasteiger partial charge < -0.3 is 10.5 Å². The number of rotatable bonds is 4. The van der Waals surface area contributed by atoms with Gasteiger partial charge in [-0.05, 0) is 44.0 Å². The van der Waals surface area contributed by atoms with Crippen molar-refractivity contribution in [3.63, 3.8) is 0 Å². The molecule has 106 valence electrons. The summed E-state index contributed by atoms with van der Waals surface area (Å²) in [7, 11) is 0. The average molecular weight is 278 g/mol. The molecular weight excluding hydrogens is 262 g/mol. The summed E-state index contributed by atoms with van der Waals surface area (Å²) in [6, 6.07) is 5.34. The van der Waals surface area contributed by atoms with E-state index in [0.717, 1.165) is 29.7 Å². The Morgan fingerprint density at radius 1 is 1.25 bits per heavy atom. The van der Waals surface area contributed by atoms with Gasteiger partial charge in [0.05, 0.1) is 0 Å². The third kappa shape index (κ3) is 3.51. The zero-order valence-corrected chi connectivity index (χ0v) is 11.4. The van der Waals surface area contributed by atoms with Crippen LogP contribution in [-0.2, 0) is 6.42 Å². The molecule has 1 aromatic heterocycles. The van der Waals surface area contributed by atoms with E-state index in [4.69, 9.17) is 10.5 Å². The molecule has 0 bridgehead atoms. The summed E-state index contributed by atoms with van der Waals surface area (Å²) in [4.78, 5) is 4.18. The van der Waals surface area contributed by atoms with E-state index < -0.39 is 11.6 Å². The zero-order valence-electron chi connectivity index (χ0n) is 11.4. The van der Waals surface area contributed by atoms with Crippen molar-refractivity contribution in [2.75, 3.05) is 0 Å². The molecule has 3 nitrogen and oxygen atoms in total. The molecule has 2 aromatic rings. The van der Waals surface area contributed by atoms with Gasteiger partial charge in [0.25, 0.3) is 0 Å². The quantitative estimate of drug-likeness (QED) is 0.933. The van der Waals surface area contributed by atoms with E-state index >= 15 is 0 Å². The van der Waals surface area contributed by atoms with Crippen molar-refractivity contribution in [2.45, 2.75) is 26.3 Å². The minimum atomic E-state index is -0.950. The van der Waals surface area contributed by atoms with E-state index in [2.05, 4.69) is 4.98 Å². The van der Waals surface area contributed by atoms with Crippen molar-refractivity contribution >= 4 is 0 Å². The Labute approximate surface area is 116 Å². The third-order valence-corrected chi connectivity index (χ3v) is 2.75. The fourth-order valence-corrected chi connectivity index (χ4v) is 1.86. The molecule has 2 rings (SSSR count). The van der Waals surface area contributed by atoms with Crippen LogP contribution in [0.3, 0.4) is 0 Å². The molecule has 0 aliphatic carbocycles. The van der Waals surface area contributed by atoms with Crippen molar-refractivity contribution in [1.82, 2.24) is 4.98 Å². The average Bonchev–Trinajstić information content (AvgIpc) is 2.36. The number of benzene rings is 1. The first-order valence-corrected chi connectivity index (χ1v) is 6.29. The second-order valence-electron chi connectivity index (χ2n) is 4.83. The lowest BCUT2D eigenvalue weighted by Gasteiger charge is -2.10. The van der Waals surface area contributed by atoms with Gasteiger partial charge in [-0.1, -0.05) is 0 Å². The molecule has 0 amide bonds. The number of pyridine rings is 1. The molecule has 0 fully saturated rings. The topological polar surface area (TPSA) is 48.1 Å². The van der Waals surface area contributed by atoms with E-state index in [0.29, 0.717) is 5.88 Å². The Morgan fingerprint density at radius 3 is 2.60 bits per heavy atom. The van der Waals surface area contributed by atoms with Crippen molar-refractivity contribution in [3.05, 3.63) is 53.2 Å². The van der Waals surface area contributed by atoms with Gasteiger partial charge in [-0.3, -0.25) is 0 Å². The van der Waals surface area contributed by atoms with Gasteiger partial charge in [-0.25, -0.2) is 13.8 Å². The van der Waals surface area contributed by atoms with Gasteiger partial charge in [0.2, 0.25) is 5.88 Å². The lowest BCUT2D eigenvalue weighted by atomic mass is 10.1. The summed E-state index contributed by atoms with van der Waals surface area (Å²) >= 11 is 0. The fraction of sp³-hybridized carbons (Fsp3) is 0.267. The number of hydrogen-bond donors (Lipinski definition) is 1. The molecule has 1 atom stereocenters. The summed E-state index contributed by atoms with van der Waals surface area (Å²) < 4.78 is 31.4. The van der Waals surface area contributed by atoms with Crippen LogP contribution in [-0.4, -0.2) is 11.0 Å². The first kappa shape index (κ1) is 14.4. The minimum absolute atomic E-state index is 0.0502. The highest BCUT2D eigenvalue weighted by molar-refractivity contribution is 5.34. The predicted molar refractivity (Wildman–Crippen MR) is 72.8 cm³/mol. The summed E-state index contributed by atoms with van der Waals surface area (Å²) in [5, 5.41) is 0. The smallest absolute Gasteiger partial charge is 0.222 e. The molecule has 0 saturated carbocycles. The summed E-state index contributed by atoms with van der Waals surface area (Å²) in [6.07, 6.45) is 2.39. The molecule has 20 heavy (non-hydrogen) atoms. The van der Waals surface area contributed by atoms with Crippen molar-refractivity contribution in [2.24, 2.45) is 5.73 Å². The molecule has 1 unspecified atom stereocenters. The van der Waals surface area contributed by atoms with Crippen molar-refractivity contribution in [1.29, 1.82) is 0 Å². The summed E-state index contributed by atoms with van der Waals surface area (Å²) in [5.74, 6) is -1.29. The van der Waals surface area contributed by atoms with Crippen LogP contribution in [0.2, 0.25) is 0 Å². The van der Waals surface area contributed by atoms with E-state index in [-0.39, 0.29) is 11.8 Å². The van der Waals surface area contributed by atoms with Gasteiger partial charge in [-0.15, -0.1) is 0 Å². The Bertz CT molecular complexity index is 615. The molecule has 0 aliphatic rings. The monoisotopic (exact) mass is 278 g/mol. The minimum Gasteiger partial charge on any atom is -0.439 e. The Balaban J connectivity index is 2.19. The first-order chi connectivity index (χ1) is 9.45. The zero-order chi connectivity index (χ0) is 14.7. The van der Waals surface area contributed by atoms with Gasteiger partial charge >= 0.3 is 0 Å². The number of nitrogens with zero attached hydrogens (tertiary/aromatic N) is 1. The van der Waals surface area contributed by atoms with E-state index in [1.165, 1.54) is 6.07 Å².